The van der Waals surface area contributed by atoms with Crippen molar-refractivity contribution < 1.29 is 14.6 Å². The molecule has 1 aromatic carbocycles. The maximum Gasteiger partial charge on any atom is 0.166 e. The first kappa shape index (κ1) is 14.8. The van der Waals surface area contributed by atoms with E-state index in [1.807, 2.05) is 24.3 Å². The van der Waals surface area contributed by atoms with Crippen LogP contribution in [0.3, 0.4) is 0 Å². The lowest BCUT2D eigenvalue weighted by atomic mass is 10.0. The van der Waals surface area contributed by atoms with Crippen LogP contribution in [0.5, 0.6) is 11.5 Å². The van der Waals surface area contributed by atoms with Crippen molar-refractivity contribution in [1.82, 2.24) is 4.98 Å². The van der Waals surface area contributed by atoms with Crippen molar-refractivity contribution in [2.45, 2.75) is 12.5 Å². The van der Waals surface area contributed by atoms with Gasteiger partial charge in [-0.15, -0.1) is 0 Å². The molecule has 1 unspecified atom stereocenters. The molecule has 0 saturated heterocycles. The molecule has 0 fully saturated rings. The zero-order chi connectivity index (χ0) is 14.5. The predicted octanol–water partition coefficient (Wildman–Crippen LogP) is 3.14. The van der Waals surface area contributed by atoms with Crippen LogP contribution in [0.15, 0.2) is 41.0 Å². The molecule has 5 heteroatoms. The summed E-state index contributed by atoms with van der Waals surface area (Å²) in [4.78, 5) is 4.26. The Bertz CT molecular complexity index is 572. The number of aliphatic hydroxyl groups excluding tert-OH is 1. The molecule has 0 aliphatic rings. The van der Waals surface area contributed by atoms with Crippen molar-refractivity contribution in [2.24, 2.45) is 0 Å². The molecular weight excluding hydrogens is 322 g/mol. The summed E-state index contributed by atoms with van der Waals surface area (Å²) in [6.07, 6.45) is 1.43. The van der Waals surface area contributed by atoms with Gasteiger partial charge in [-0.2, -0.15) is 0 Å². The Kier molecular flexibility index (Phi) is 4.98. The minimum absolute atomic E-state index is 0.413. The Balaban J connectivity index is 2.24. The zero-order valence-electron chi connectivity index (χ0n) is 11.3. The number of halogens is 1. The second-order valence-corrected chi connectivity index (χ2v) is 5.19. The Morgan fingerprint density at radius 2 is 2.00 bits per heavy atom. The van der Waals surface area contributed by atoms with Crippen LogP contribution in [-0.2, 0) is 6.42 Å². The number of aliphatic hydroxyl groups is 1. The van der Waals surface area contributed by atoms with Crippen LogP contribution in [-0.4, -0.2) is 24.3 Å². The van der Waals surface area contributed by atoms with Crippen molar-refractivity contribution in [3.8, 4) is 11.5 Å². The number of hydrogen-bond acceptors (Lipinski definition) is 4. The number of pyridine rings is 1. The monoisotopic (exact) mass is 337 g/mol. The van der Waals surface area contributed by atoms with Gasteiger partial charge < -0.3 is 14.6 Å². The van der Waals surface area contributed by atoms with E-state index < -0.39 is 6.10 Å². The molecular formula is C15H16BrNO3. The normalized spacial score (nSPS) is 12.0. The summed E-state index contributed by atoms with van der Waals surface area (Å²) in [6.45, 7) is 0. The van der Waals surface area contributed by atoms with E-state index in [0.29, 0.717) is 23.5 Å². The summed E-state index contributed by atoms with van der Waals surface area (Å²) in [6, 6.07) is 9.23. The van der Waals surface area contributed by atoms with Crippen molar-refractivity contribution >= 4 is 15.9 Å². The van der Waals surface area contributed by atoms with Crippen LogP contribution in [0.2, 0.25) is 0 Å². The zero-order valence-corrected chi connectivity index (χ0v) is 12.9. The van der Waals surface area contributed by atoms with E-state index in [-0.39, 0.29) is 0 Å². The van der Waals surface area contributed by atoms with Gasteiger partial charge in [-0.3, -0.25) is 4.98 Å². The van der Waals surface area contributed by atoms with Gasteiger partial charge in [-0.25, -0.2) is 0 Å². The molecule has 0 aliphatic carbocycles. The summed E-state index contributed by atoms with van der Waals surface area (Å²) in [5.74, 6) is 1.16. The standard InChI is InChI=1S/C15H16BrNO3/c1-19-14-5-3-4-12(15(14)20-2)13(18)8-11-7-6-10(16)9-17-11/h3-7,9,13,18H,8H2,1-2H3. The molecule has 0 radical (unpaired) electrons. The highest BCUT2D eigenvalue weighted by Gasteiger charge is 2.17. The lowest BCUT2D eigenvalue weighted by Gasteiger charge is -2.16. The number of benzene rings is 1. The third-order valence-electron chi connectivity index (χ3n) is 2.98. The molecule has 20 heavy (non-hydrogen) atoms. The van der Waals surface area contributed by atoms with Crippen LogP contribution in [0.1, 0.15) is 17.4 Å². The van der Waals surface area contributed by atoms with Crippen LogP contribution >= 0.6 is 15.9 Å². The van der Waals surface area contributed by atoms with Gasteiger partial charge in [0.25, 0.3) is 0 Å². The molecule has 2 aromatic rings. The smallest absolute Gasteiger partial charge is 0.166 e. The van der Waals surface area contributed by atoms with Gasteiger partial charge >= 0.3 is 0 Å². The predicted molar refractivity (Wildman–Crippen MR) is 80.1 cm³/mol. The fourth-order valence-electron chi connectivity index (χ4n) is 2.01. The lowest BCUT2D eigenvalue weighted by Crippen LogP contribution is -2.06. The van der Waals surface area contributed by atoms with Gasteiger partial charge in [-0.05, 0) is 34.1 Å². The minimum Gasteiger partial charge on any atom is -0.493 e. The molecule has 1 heterocycles. The average molecular weight is 338 g/mol. The SMILES string of the molecule is COc1cccc(C(O)Cc2ccc(Br)cn2)c1OC. The largest absolute Gasteiger partial charge is 0.493 e. The Morgan fingerprint density at radius 1 is 1.20 bits per heavy atom. The Hall–Kier alpha value is -1.59. The van der Waals surface area contributed by atoms with E-state index in [2.05, 4.69) is 20.9 Å². The summed E-state index contributed by atoms with van der Waals surface area (Å²) in [7, 11) is 3.14. The van der Waals surface area contributed by atoms with Crippen LogP contribution in [0.4, 0.5) is 0 Å². The number of hydrogen-bond donors (Lipinski definition) is 1. The topological polar surface area (TPSA) is 51.6 Å². The fourth-order valence-corrected chi connectivity index (χ4v) is 2.24. The highest BCUT2D eigenvalue weighted by atomic mass is 79.9. The number of ether oxygens (including phenoxy) is 2. The van der Waals surface area contributed by atoms with E-state index in [9.17, 15) is 5.11 Å². The number of aromatic nitrogens is 1. The molecule has 0 amide bonds. The van der Waals surface area contributed by atoms with Crippen LogP contribution < -0.4 is 9.47 Å². The van der Waals surface area contributed by atoms with Crippen molar-refractivity contribution in [3.05, 3.63) is 52.3 Å². The third-order valence-corrected chi connectivity index (χ3v) is 3.45. The van der Waals surface area contributed by atoms with E-state index >= 15 is 0 Å². The van der Waals surface area contributed by atoms with Gasteiger partial charge in [0.15, 0.2) is 11.5 Å². The van der Waals surface area contributed by atoms with E-state index in [0.717, 1.165) is 10.2 Å². The number of rotatable bonds is 5. The van der Waals surface area contributed by atoms with E-state index in [1.54, 1.807) is 26.5 Å². The molecule has 1 N–H and O–H groups in total. The van der Waals surface area contributed by atoms with Gasteiger partial charge in [0, 0.05) is 28.3 Å². The molecule has 106 valence electrons. The minimum atomic E-state index is -0.700. The van der Waals surface area contributed by atoms with Crippen LogP contribution in [0, 0.1) is 0 Å². The number of nitrogens with zero attached hydrogens (tertiary/aromatic N) is 1. The highest BCUT2D eigenvalue weighted by Crippen LogP contribution is 2.35. The summed E-state index contributed by atoms with van der Waals surface area (Å²) < 4.78 is 11.5. The summed E-state index contributed by atoms with van der Waals surface area (Å²) >= 11 is 3.34. The summed E-state index contributed by atoms with van der Waals surface area (Å²) in [5.41, 5.74) is 1.50. The highest BCUT2D eigenvalue weighted by molar-refractivity contribution is 9.10. The molecule has 2 rings (SSSR count). The van der Waals surface area contributed by atoms with Gasteiger partial charge in [0.1, 0.15) is 0 Å². The lowest BCUT2D eigenvalue weighted by molar-refractivity contribution is 0.171. The molecule has 0 bridgehead atoms. The average Bonchev–Trinajstić information content (AvgIpc) is 2.48. The van der Waals surface area contributed by atoms with E-state index in [4.69, 9.17) is 9.47 Å². The molecule has 0 aliphatic heterocycles. The van der Waals surface area contributed by atoms with Crippen LogP contribution in [0.25, 0.3) is 0 Å². The Labute approximate surface area is 126 Å². The maximum atomic E-state index is 10.4. The molecule has 1 atom stereocenters. The first-order valence-electron chi connectivity index (χ1n) is 6.15. The fraction of sp³-hybridized carbons (Fsp3) is 0.267. The first-order valence-corrected chi connectivity index (χ1v) is 6.94. The van der Waals surface area contributed by atoms with E-state index in [1.165, 1.54) is 0 Å². The second-order valence-electron chi connectivity index (χ2n) is 4.27. The van der Waals surface area contributed by atoms with Crippen molar-refractivity contribution in [1.29, 1.82) is 0 Å². The molecule has 4 nitrogen and oxygen atoms in total. The molecule has 0 saturated carbocycles. The number of para-hydroxylation sites is 1. The third kappa shape index (κ3) is 3.29. The first-order chi connectivity index (χ1) is 9.65. The quantitative estimate of drug-likeness (QED) is 0.910. The summed E-state index contributed by atoms with van der Waals surface area (Å²) in [5, 5.41) is 10.4. The van der Waals surface area contributed by atoms with Gasteiger partial charge in [0.2, 0.25) is 0 Å². The molecule has 0 spiro atoms. The number of methoxy groups -OCH3 is 2. The van der Waals surface area contributed by atoms with Crippen molar-refractivity contribution in [2.75, 3.05) is 14.2 Å². The Morgan fingerprint density at radius 3 is 2.60 bits per heavy atom. The van der Waals surface area contributed by atoms with Gasteiger partial charge in [0.05, 0.1) is 20.3 Å². The molecule has 1 aromatic heterocycles. The van der Waals surface area contributed by atoms with Crippen molar-refractivity contribution in [3.63, 3.8) is 0 Å². The second kappa shape index (κ2) is 6.72. The van der Waals surface area contributed by atoms with Gasteiger partial charge in [-0.1, -0.05) is 12.1 Å². The maximum absolute atomic E-state index is 10.4.